The van der Waals surface area contributed by atoms with Crippen molar-refractivity contribution in [3.05, 3.63) is 108 Å². The molecule has 2 aromatic heterocycles. The van der Waals surface area contributed by atoms with E-state index >= 15 is 0 Å². The van der Waals surface area contributed by atoms with Crippen molar-refractivity contribution in [3.63, 3.8) is 0 Å². The first-order valence-electron chi connectivity index (χ1n) is 14.4. The van der Waals surface area contributed by atoms with Crippen LogP contribution in [0.1, 0.15) is 22.5 Å². The van der Waals surface area contributed by atoms with Crippen molar-refractivity contribution in [1.29, 1.82) is 0 Å². The Hall–Kier alpha value is -5.42. The first kappa shape index (κ1) is 28.4. The maximum Gasteiger partial charge on any atom is 0.416 e. The molecule has 0 unspecified atom stereocenters. The summed E-state index contributed by atoms with van der Waals surface area (Å²) in [4.78, 5) is 22.5. The van der Waals surface area contributed by atoms with Crippen molar-refractivity contribution in [2.24, 2.45) is 0 Å². The third-order valence-electron chi connectivity index (χ3n) is 8.15. The molecule has 8 nitrogen and oxygen atoms in total. The molecular formula is C34H28F3N7O. The standard InChI is InChI=1S/C34H28F3N7O/c1-19-41-30(31-32(38)40-18-29(44(19)31)26-11-4-6-20-17-39-15-14-23(20)26)27-12-13-28(25-10-3-2-9-24(25)27)43-33(45)42-22-8-5-7-21(16-22)34(35,36)37/h2-13,16,18,39H,14-15,17H2,1H3,(H2,38,40)(H2,42,43,45). The van der Waals surface area contributed by atoms with Crippen LogP contribution in [0.5, 0.6) is 0 Å². The molecule has 0 radical (unpaired) electrons. The number of benzene rings is 4. The van der Waals surface area contributed by atoms with E-state index in [1.807, 2.05) is 37.3 Å². The van der Waals surface area contributed by atoms with E-state index in [2.05, 4.69) is 43.5 Å². The summed E-state index contributed by atoms with van der Waals surface area (Å²) in [5, 5.41) is 10.2. The molecule has 45 heavy (non-hydrogen) atoms. The second kappa shape index (κ2) is 10.9. The van der Waals surface area contributed by atoms with Gasteiger partial charge in [-0.25, -0.2) is 14.8 Å². The molecule has 0 bridgehead atoms. The molecule has 5 N–H and O–H groups in total. The fourth-order valence-electron chi connectivity index (χ4n) is 6.13. The number of rotatable bonds is 4. The van der Waals surface area contributed by atoms with Crippen LogP contribution in [0.4, 0.5) is 35.2 Å². The minimum atomic E-state index is -4.52. The normalized spacial score (nSPS) is 13.2. The Balaban J connectivity index is 1.29. The Kier molecular flexibility index (Phi) is 6.89. The first-order valence-corrected chi connectivity index (χ1v) is 14.4. The zero-order valence-electron chi connectivity index (χ0n) is 24.2. The Morgan fingerprint density at radius 1 is 0.956 bits per heavy atom. The van der Waals surface area contributed by atoms with Crippen LogP contribution in [0.2, 0.25) is 0 Å². The Morgan fingerprint density at radius 3 is 2.58 bits per heavy atom. The number of urea groups is 1. The van der Waals surface area contributed by atoms with Crippen LogP contribution >= 0.6 is 0 Å². The number of anilines is 3. The summed E-state index contributed by atoms with van der Waals surface area (Å²) in [7, 11) is 0. The number of amides is 2. The van der Waals surface area contributed by atoms with Gasteiger partial charge in [0.15, 0.2) is 0 Å². The number of alkyl halides is 3. The predicted octanol–water partition coefficient (Wildman–Crippen LogP) is 7.42. The summed E-state index contributed by atoms with van der Waals surface area (Å²) in [6.45, 7) is 3.65. The highest BCUT2D eigenvalue weighted by molar-refractivity contribution is 6.11. The van der Waals surface area contributed by atoms with Crippen LogP contribution < -0.4 is 21.7 Å². The molecule has 11 heteroatoms. The number of nitrogen functional groups attached to an aromatic ring is 1. The molecule has 226 valence electrons. The number of nitrogens with one attached hydrogen (secondary N) is 3. The summed E-state index contributed by atoms with van der Waals surface area (Å²) < 4.78 is 41.5. The Bertz CT molecular complexity index is 2120. The van der Waals surface area contributed by atoms with Crippen molar-refractivity contribution in [1.82, 2.24) is 19.7 Å². The number of aromatic nitrogens is 3. The number of nitrogens with zero attached hydrogens (tertiary/aromatic N) is 3. The van der Waals surface area contributed by atoms with Gasteiger partial charge in [0, 0.05) is 28.7 Å². The SMILES string of the molecule is Cc1nc(-c2ccc(NC(=O)Nc3cccc(C(F)(F)F)c3)c3ccccc23)c2c(N)ncc(-c3cccc4c3CCNC4)n12. The molecule has 0 atom stereocenters. The smallest absolute Gasteiger partial charge is 0.382 e. The second-order valence-corrected chi connectivity index (χ2v) is 11.0. The van der Waals surface area contributed by atoms with Crippen LogP contribution in [-0.4, -0.2) is 26.9 Å². The van der Waals surface area contributed by atoms with Gasteiger partial charge in [0.2, 0.25) is 0 Å². The summed E-state index contributed by atoms with van der Waals surface area (Å²) >= 11 is 0. The number of halogens is 3. The highest BCUT2D eigenvalue weighted by Gasteiger charge is 2.30. The molecule has 4 aromatic carbocycles. The topological polar surface area (TPSA) is 109 Å². The van der Waals surface area contributed by atoms with E-state index in [-0.39, 0.29) is 5.69 Å². The average molecular weight is 608 g/mol. The van der Waals surface area contributed by atoms with Crippen LogP contribution in [0.15, 0.2) is 85.1 Å². The van der Waals surface area contributed by atoms with Crippen molar-refractivity contribution >= 4 is 39.5 Å². The summed E-state index contributed by atoms with van der Waals surface area (Å²) in [6.07, 6.45) is -1.82. The van der Waals surface area contributed by atoms with E-state index in [1.165, 1.54) is 23.3 Å². The molecule has 3 heterocycles. The van der Waals surface area contributed by atoms with Crippen molar-refractivity contribution < 1.29 is 18.0 Å². The van der Waals surface area contributed by atoms with Gasteiger partial charge in [-0.2, -0.15) is 13.2 Å². The van der Waals surface area contributed by atoms with E-state index < -0.39 is 17.8 Å². The Morgan fingerprint density at radius 2 is 1.76 bits per heavy atom. The molecule has 0 saturated carbocycles. The third-order valence-corrected chi connectivity index (χ3v) is 8.15. The maximum atomic E-state index is 13.2. The summed E-state index contributed by atoms with van der Waals surface area (Å²) in [6, 6.07) is 21.2. The van der Waals surface area contributed by atoms with Gasteiger partial charge in [0.25, 0.3) is 0 Å². The van der Waals surface area contributed by atoms with Crippen molar-refractivity contribution in [2.45, 2.75) is 26.1 Å². The van der Waals surface area contributed by atoms with Gasteiger partial charge in [-0.05, 0) is 60.7 Å². The lowest BCUT2D eigenvalue weighted by atomic mass is 9.94. The van der Waals surface area contributed by atoms with Gasteiger partial charge in [0.05, 0.1) is 23.1 Å². The first-order chi connectivity index (χ1) is 21.7. The molecule has 1 aliphatic heterocycles. The largest absolute Gasteiger partial charge is 0.416 e. The number of carbonyl (C=O) groups excluding carboxylic acids is 1. The minimum absolute atomic E-state index is 0.0259. The second-order valence-electron chi connectivity index (χ2n) is 11.0. The number of fused-ring (bicyclic) bond motifs is 3. The molecule has 0 saturated heterocycles. The van der Waals surface area contributed by atoms with Gasteiger partial charge < -0.3 is 21.7 Å². The average Bonchev–Trinajstić information content (AvgIpc) is 3.38. The molecule has 2 amide bonds. The highest BCUT2D eigenvalue weighted by atomic mass is 19.4. The van der Waals surface area contributed by atoms with Crippen LogP contribution in [0.3, 0.4) is 0 Å². The van der Waals surface area contributed by atoms with Crippen LogP contribution in [0, 0.1) is 6.92 Å². The lowest BCUT2D eigenvalue weighted by molar-refractivity contribution is -0.137. The number of nitrogens with two attached hydrogens (primary N) is 1. The number of imidazole rings is 1. The van der Waals surface area contributed by atoms with E-state index in [4.69, 9.17) is 10.7 Å². The van der Waals surface area contributed by atoms with Crippen molar-refractivity contribution in [3.8, 4) is 22.5 Å². The quantitative estimate of drug-likeness (QED) is 0.167. The molecular weight excluding hydrogens is 579 g/mol. The summed E-state index contributed by atoms with van der Waals surface area (Å²) in [5.41, 5.74) is 12.9. The minimum Gasteiger partial charge on any atom is -0.382 e. The highest BCUT2D eigenvalue weighted by Crippen LogP contribution is 2.39. The van der Waals surface area contributed by atoms with E-state index in [0.29, 0.717) is 22.7 Å². The van der Waals surface area contributed by atoms with E-state index in [9.17, 15) is 18.0 Å². The molecule has 1 aliphatic rings. The monoisotopic (exact) mass is 607 g/mol. The fourth-order valence-corrected chi connectivity index (χ4v) is 6.13. The van der Waals surface area contributed by atoms with Gasteiger partial charge >= 0.3 is 12.2 Å². The van der Waals surface area contributed by atoms with Gasteiger partial charge in [-0.1, -0.05) is 54.6 Å². The molecule has 0 fully saturated rings. The third kappa shape index (κ3) is 5.10. The predicted molar refractivity (Wildman–Crippen MR) is 170 cm³/mol. The number of hydrogen-bond donors (Lipinski definition) is 4. The molecule has 6 aromatic rings. The maximum absolute atomic E-state index is 13.2. The fraction of sp³-hybridized carbons (Fsp3) is 0.147. The number of hydrogen-bond acceptors (Lipinski definition) is 5. The van der Waals surface area contributed by atoms with E-state index in [1.54, 1.807) is 12.3 Å². The van der Waals surface area contributed by atoms with Gasteiger partial charge in [0.1, 0.15) is 22.9 Å². The molecule has 0 spiro atoms. The van der Waals surface area contributed by atoms with Gasteiger partial charge in [-0.3, -0.25) is 4.40 Å². The van der Waals surface area contributed by atoms with Crippen LogP contribution in [-0.2, 0) is 19.1 Å². The molecule has 0 aliphatic carbocycles. The van der Waals surface area contributed by atoms with Crippen molar-refractivity contribution in [2.75, 3.05) is 22.9 Å². The number of carbonyl (C=O) groups is 1. The lowest BCUT2D eigenvalue weighted by Gasteiger charge is -2.21. The number of aryl methyl sites for hydroxylation is 1. The summed E-state index contributed by atoms with van der Waals surface area (Å²) in [5.74, 6) is 1.09. The zero-order chi connectivity index (χ0) is 31.3. The van der Waals surface area contributed by atoms with E-state index in [0.717, 1.165) is 65.1 Å². The zero-order valence-corrected chi connectivity index (χ0v) is 24.2. The lowest BCUT2D eigenvalue weighted by Crippen LogP contribution is -2.24. The van der Waals surface area contributed by atoms with Crippen LogP contribution in [0.25, 0.3) is 38.8 Å². The molecule has 7 rings (SSSR count). The van der Waals surface area contributed by atoms with Gasteiger partial charge in [-0.15, -0.1) is 0 Å². The Labute approximate surface area is 256 Å².